The third-order valence-corrected chi connectivity index (χ3v) is 5.64. The summed E-state index contributed by atoms with van der Waals surface area (Å²) in [4.78, 5) is 21.4. The molecule has 0 aliphatic rings. The Labute approximate surface area is 233 Å². The lowest BCUT2D eigenvalue weighted by Crippen LogP contribution is -2.54. The number of nitrogens with zero attached hydrogens (tertiary/aromatic N) is 6. The number of hydrogen-bond acceptors (Lipinski definition) is 8. The van der Waals surface area contributed by atoms with Gasteiger partial charge in [0, 0.05) is 0 Å². The molecular formula is C21H8Cl4F6N6O2. The summed E-state index contributed by atoms with van der Waals surface area (Å²) in [7, 11) is 0. The van der Waals surface area contributed by atoms with Crippen LogP contribution in [0.25, 0.3) is 0 Å². The number of halogens is 10. The third-order valence-electron chi connectivity index (χ3n) is 4.96. The van der Waals surface area contributed by atoms with Crippen LogP contribution in [0.15, 0.2) is 48.5 Å². The minimum Gasteiger partial charge on any atom is -0.424 e. The summed E-state index contributed by atoms with van der Waals surface area (Å²) < 4.78 is 97.0. The van der Waals surface area contributed by atoms with Crippen LogP contribution in [0.1, 0.15) is 11.1 Å². The Balaban J connectivity index is 1.73. The third kappa shape index (κ3) is 6.03. The first-order chi connectivity index (χ1) is 18.2. The predicted octanol–water partition coefficient (Wildman–Crippen LogP) is 7.67. The second kappa shape index (κ2) is 10.8. The van der Waals surface area contributed by atoms with E-state index in [1.807, 2.05) is 0 Å². The molecule has 0 aliphatic heterocycles. The molecule has 0 amide bonds. The Morgan fingerprint density at radius 3 is 1.00 bits per heavy atom. The Kier molecular flexibility index (Phi) is 7.94. The van der Waals surface area contributed by atoms with Crippen molar-refractivity contribution in [2.45, 2.75) is 17.8 Å². The van der Waals surface area contributed by atoms with Gasteiger partial charge in [0.05, 0.1) is 0 Å². The molecule has 0 bridgehead atoms. The topological polar surface area (TPSA) is 95.8 Å². The maximum atomic E-state index is 14.4. The van der Waals surface area contributed by atoms with Gasteiger partial charge in [0.25, 0.3) is 0 Å². The van der Waals surface area contributed by atoms with Crippen molar-refractivity contribution in [3.8, 4) is 23.5 Å². The molecule has 0 fully saturated rings. The highest BCUT2D eigenvalue weighted by molar-refractivity contribution is 6.31. The molecule has 0 saturated heterocycles. The van der Waals surface area contributed by atoms with Gasteiger partial charge in [0.1, 0.15) is 11.5 Å². The first kappa shape index (κ1) is 28.8. The number of aromatic nitrogens is 6. The van der Waals surface area contributed by atoms with Gasteiger partial charge in [-0.3, -0.25) is 0 Å². The van der Waals surface area contributed by atoms with Crippen molar-refractivity contribution in [1.82, 2.24) is 29.9 Å². The van der Waals surface area contributed by atoms with Crippen molar-refractivity contribution in [2.24, 2.45) is 0 Å². The largest absolute Gasteiger partial charge is 0.424 e. The number of hydrogen-bond donors (Lipinski definition) is 0. The molecular weight excluding hydrogens is 624 g/mol. The van der Waals surface area contributed by atoms with Gasteiger partial charge in [0.15, 0.2) is 0 Å². The van der Waals surface area contributed by atoms with Crippen molar-refractivity contribution in [2.75, 3.05) is 0 Å². The van der Waals surface area contributed by atoms with Crippen LogP contribution < -0.4 is 9.47 Å². The number of benzene rings is 2. The molecule has 8 nitrogen and oxygen atoms in total. The SMILES string of the molecule is FC(F)(F)C(c1ccc(Oc2nc(Cl)nc(Cl)n2)cc1)(c1ccc(Oc2nc(Cl)nc(Cl)n2)cc1)C(F)(F)F. The van der Waals surface area contributed by atoms with Gasteiger partial charge in [-0.05, 0) is 81.8 Å². The molecule has 2 aromatic carbocycles. The normalized spacial score (nSPS) is 12.4. The Hall–Kier alpha value is -3.20. The maximum absolute atomic E-state index is 14.4. The summed E-state index contributed by atoms with van der Waals surface area (Å²) in [6.07, 6.45) is -11.7. The predicted molar refractivity (Wildman–Crippen MR) is 126 cm³/mol. The smallest absolute Gasteiger partial charge is 0.411 e. The van der Waals surface area contributed by atoms with Gasteiger partial charge in [-0.25, -0.2) is 0 Å². The average molecular weight is 632 g/mol. The van der Waals surface area contributed by atoms with Gasteiger partial charge < -0.3 is 9.47 Å². The Morgan fingerprint density at radius 2 is 0.744 bits per heavy atom. The first-order valence-electron chi connectivity index (χ1n) is 10.0. The fourth-order valence-electron chi connectivity index (χ4n) is 3.45. The summed E-state index contributed by atoms with van der Waals surface area (Å²) in [5.41, 5.74) is -6.73. The van der Waals surface area contributed by atoms with Crippen molar-refractivity contribution >= 4 is 46.4 Å². The van der Waals surface area contributed by atoms with Gasteiger partial charge in [-0.1, -0.05) is 24.3 Å². The molecule has 39 heavy (non-hydrogen) atoms. The average Bonchev–Trinajstić information content (AvgIpc) is 2.78. The van der Waals surface area contributed by atoms with E-state index >= 15 is 0 Å². The molecule has 204 valence electrons. The monoisotopic (exact) mass is 630 g/mol. The van der Waals surface area contributed by atoms with Crippen LogP contribution >= 0.6 is 46.4 Å². The first-order valence-corrected chi connectivity index (χ1v) is 11.5. The molecule has 0 atom stereocenters. The fourth-order valence-corrected chi connectivity index (χ4v) is 4.14. The quantitative estimate of drug-likeness (QED) is 0.200. The Bertz CT molecular complexity index is 1340. The van der Waals surface area contributed by atoms with Crippen molar-refractivity contribution < 1.29 is 35.8 Å². The zero-order valence-corrected chi connectivity index (χ0v) is 21.4. The van der Waals surface area contributed by atoms with E-state index in [1.165, 1.54) is 0 Å². The highest BCUT2D eigenvalue weighted by Gasteiger charge is 2.72. The van der Waals surface area contributed by atoms with E-state index in [9.17, 15) is 26.3 Å². The van der Waals surface area contributed by atoms with Gasteiger partial charge in [-0.2, -0.15) is 56.2 Å². The summed E-state index contributed by atoms with van der Waals surface area (Å²) in [6, 6.07) is 5.08. The van der Waals surface area contributed by atoms with Crippen LogP contribution in [0.2, 0.25) is 21.1 Å². The highest BCUT2D eigenvalue weighted by atomic mass is 35.5. The maximum Gasteiger partial charge on any atom is 0.411 e. The molecule has 2 heterocycles. The molecule has 0 aliphatic carbocycles. The second-order valence-corrected chi connectivity index (χ2v) is 8.66. The molecule has 0 saturated carbocycles. The van der Waals surface area contributed by atoms with E-state index in [-0.39, 0.29) is 32.6 Å². The molecule has 4 aromatic rings. The minimum atomic E-state index is -5.83. The lowest BCUT2D eigenvalue weighted by atomic mass is 9.73. The molecule has 4 rings (SSSR count). The van der Waals surface area contributed by atoms with E-state index < -0.39 is 40.9 Å². The number of rotatable bonds is 6. The van der Waals surface area contributed by atoms with Crippen molar-refractivity contribution in [3.63, 3.8) is 0 Å². The summed E-state index contributed by atoms with van der Waals surface area (Å²) in [5, 5.41) is -1.37. The van der Waals surface area contributed by atoms with Crippen LogP contribution in [0.3, 0.4) is 0 Å². The summed E-state index contributed by atoms with van der Waals surface area (Å²) >= 11 is 22.5. The number of ether oxygens (including phenoxy) is 2. The van der Waals surface area contributed by atoms with Crippen LogP contribution in [-0.2, 0) is 5.41 Å². The molecule has 0 radical (unpaired) electrons. The van der Waals surface area contributed by atoms with Gasteiger partial charge in [-0.15, -0.1) is 0 Å². The lowest BCUT2D eigenvalue weighted by molar-refractivity contribution is -0.288. The molecule has 0 spiro atoms. The van der Waals surface area contributed by atoms with Gasteiger partial charge in [0.2, 0.25) is 26.5 Å². The minimum absolute atomic E-state index is 0.200. The second-order valence-electron chi connectivity index (χ2n) is 7.31. The van der Waals surface area contributed by atoms with Crippen LogP contribution in [-0.4, -0.2) is 42.3 Å². The molecule has 0 unspecified atom stereocenters. The standard InChI is InChI=1S/C21H8Cl4F6N6O2/c22-13-32-14(23)35-17(34-13)38-11-5-1-9(2-6-11)19(20(26,27)28,21(29,30)31)10-3-7-12(8-4-10)39-18-36-15(24)33-16(25)37-18/h1-8H. The van der Waals surface area contributed by atoms with Crippen LogP contribution in [0.4, 0.5) is 26.3 Å². The van der Waals surface area contributed by atoms with E-state index in [4.69, 9.17) is 55.9 Å². The molecule has 2 aromatic heterocycles. The molecule has 0 N–H and O–H groups in total. The van der Waals surface area contributed by atoms with Crippen molar-refractivity contribution in [3.05, 3.63) is 80.8 Å². The van der Waals surface area contributed by atoms with E-state index in [1.54, 1.807) is 0 Å². The van der Waals surface area contributed by atoms with Crippen LogP contribution in [0.5, 0.6) is 23.5 Å². The van der Waals surface area contributed by atoms with Gasteiger partial charge >= 0.3 is 24.4 Å². The summed E-state index contributed by atoms with van der Waals surface area (Å²) in [5.74, 6) is -0.400. The van der Waals surface area contributed by atoms with E-state index in [0.717, 1.165) is 24.3 Å². The van der Waals surface area contributed by atoms with Crippen molar-refractivity contribution in [1.29, 1.82) is 0 Å². The van der Waals surface area contributed by atoms with Crippen LogP contribution in [0, 0.1) is 0 Å². The fraction of sp³-hybridized carbons (Fsp3) is 0.143. The zero-order valence-electron chi connectivity index (χ0n) is 18.4. The van der Waals surface area contributed by atoms with E-state index in [0.29, 0.717) is 24.3 Å². The number of alkyl halides is 6. The Morgan fingerprint density at radius 1 is 0.462 bits per heavy atom. The summed E-state index contributed by atoms with van der Waals surface area (Å²) in [6.45, 7) is 0. The lowest BCUT2D eigenvalue weighted by Gasteiger charge is -2.38. The highest BCUT2D eigenvalue weighted by Crippen LogP contribution is 2.56. The zero-order chi connectivity index (χ0) is 28.6. The van der Waals surface area contributed by atoms with E-state index in [2.05, 4.69) is 29.9 Å². The molecule has 18 heteroatoms.